The van der Waals surface area contributed by atoms with Crippen molar-refractivity contribution in [3.63, 3.8) is 0 Å². The monoisotopic (exact) mass is 495 g/mol. The van der Waals surface area contributed by atoms with E-state index in [0.29, 0.717) is 57.3 Å². The normalized spacial score (nSPS) is 19.8. The second kappa shape index (κ2) is 8.91. The molecule has 1 aromatic carbocycles. The summed E-state index contributed by atoms with van der Waals surface area (Å²) in [6, 6.07) is 13.8. The van der Waals surface area contributed by atoms with Gasteiger partial charge in [0.25, 0.3) is 5.91 Å². The van der Waals surface area contributed by atoms with E-state index in [1.54, 1.807) is 32.4 Å². The molecule has 2 aliphatic rings. The van der Waals surface area contributed by atoms with Gasteiger partial charge in [-0.05, 0) is 29.8 Å². The Morgan fingerprint density at radius 1 is 1.16 bits per heavy atom. The van der Waals surface area contributed by atoms with Crippen LogP contribution >= 0.6 is 0 Å². The third kappa shape index (κ3) is 3.96. The van der Waals surface area contributed by atoms with Crippen LogP contribution in [0.1, 0.15) is 15.9 Å². The number of ether oxygens (including phenoxy) is 2. The molecule has 9 nitrogen and oxygen atoms in total. The van der Waals surface area contributed by atoms with Crippen LogP contribution in [0.3, 0.4) is 0 Å². The molecular weight excluding hydrogens is 470 g/mol. The molecule has 1 saturated carbocycles. The number of carbonyl (C=O) groups excluding carboxylic acids is 1. The third-order valence-corrected chi connectivity index (χ3v) is 7.10. The molecule has 186 valence electrons. The molecule has 9 heteroatoms. The highest BCUT2D eigenvalue weighted by Crippen LogP contribution is 2.46. The summed E-state index contributed by atoms with van der Waals surface area (Å²) in [6.45, 7) is 1.57. The Kier molecular flexibility index (Phi) is 5.54. The second-order valence-corrected chi connectivity index (χ2v) is 9.57. The maximum Gasteiger partial charge on any atom is 0.255 e. The standard InChI is InChI=1S/C28H25N5O4/c1-33(2)28(34)17-9-23(35-3)26(31-12-17)24-10-22-27(37-24)18(6-7-30-22)15-4-5-21(16(8-15)11-29)32-25-19-13-36-14-20(19)25/h4-10,12,19-20,25,32H,13-14H2,1-3H3. The van der Waals surface area contributed by atoms with E-state index in [9.17, 15) is 10.1 Å². The molecule has 37 heavy (non-hydrogen) atoms. The molecule has 4 heterocycles. The van der Waals surface area contributed by atoms with Crippen molar-refractivity contribution < 1.29 is 18.7 Å². The van der Waals surface area contributed by atoms with Gasteiger partial charge in [-0.2, -0.15) is 5.26 Å². The minimum atomic E-state index is -0.171. The maximum atomic E-state index is 12.4. The van der Waals surface area contributed by atoms with Crippen LogP contribution in [0.2, 0.25) is 0 Å². The summed E-state index contributed by atoms with van der Waals surface area (Å²) in [5.41, 5.74) is 5.18. The van der Waals surface area contributed by atoms with Crippen molar-refractivity contribution in [3.05, 3.63) is 59.9 Å². The molecule has 2 atom stereocenters. The Labute approximate surface area is 213 Å². The average molecular weight is 496 g/mol. The first kappa shape index (κ1) is 23.0. The number of methoxy groups -OCH3 is 1. The molecule has 0 bridgehead atoms. The Bertz CT molecular complexity index is 1560. The molecule has 4 aromatic rings. The SMILES string of the molecule is COc1cc(C(=O)N(C)C)cnc1-c1cc2nccc(-c3ccc(NC4C5COCC54)c(C#N)c3)c2o1. The van der Waals surface area contributed by atoms with Crippen molar-refractivity contribution in [1.82, 2.24) is 14.9 Å². The van der Waals surface area contributed by atoms with Gasteiger partial charge in [0.15, 0.2) is 11.3 Å². The molecule has 0 radical (unpaired) electrons. The summed E-state index contributed by atoms with van der Waals surface area (Å²) in [4.78, 5) is 22.8. The number of anilines is 1. The maximum absolute atomic E-state index is 12.4. The average Bonchev–Trinajstić information content (AvgIpc) is 3.26. The molecular formula is C28H25N5O4. The third-order valence-electron chi connectivity index (χ3n) is 7.10. The van der Waals surface area contributed by atoms with Gasteiger partial charge in [0.2, 0.25) is 0 Å². The van der Waals surface area contributed by atoms with E-state index in [1.807, 2.05) is 24.3 Å². The molecule has 3 aromatic heterocycles. The van der Waals surface area contributed by atoms with Crippen LogP contribution < -0.4 is 10.1 Å². The second-order valence-electron chi connectivity index (χ2n) is 9.57. The minimum Gasteiger partial charge on any atom is -0.494 e. The lowest BCUT2D eigenvalue weighted by molar-refractivity contribution is 0.0827. The van der Waals surface area contributed by atoms with E-state index in [4.69, 9.17) is 13.9 Å². The van der Waals surface area contributed by atoms with Gasteiger partial charge in [-0.3, -0.25) is 9.78 Å². The lowest BCUT2D eigenvalue weighted by Gasteiger charge is -2.12. The van der Waals surface area contributed by atoms with Crippen molar-refractivity contribution in [2.45, 2.75) is 6.04 Å². The molecule has 1 N–H and O–H groups in total. The molecule has 6 rings (SSSR count). The highest BCUT2D eigenvalue weighted by molar-refractivity contribution is 5.95. The van der Waals surface area contributed by atoms with Gasteiger partial charge >= 0.3 is 0 Å². The van der Waals surface area contributed by atoms with E-state index >= 15 is 0 Å². The summed E-state index contributed by atoms with van der Waals surface area (Å²) in [7, 11) is 4.89. The summed E-state index contributed by atoms with van der Waals surface area (Å²) in [5, 5.41) is 13.4. The van der Waals surface area contributed by atoms with Gasteiger partial charge in [0, 0.05) is 56.0 Å². The zero-order chi connectivity index (χ0) is 25.7. The number of carbonyl (C=O) groups is 1. The van der Waals surface area contributed by atoms with Crippen LogP contribution in [0.4, 0.5) is 5.69 Å². The van der Waals surface area contributed by atoms with E-state index < -0.39 is 0 Å². The van der Waals surface area contributed by atoms with Crippen LogP contribution in [0, 0.1) is 23.2 Å². The molecule has 1 aliphatic carbocycles. The zero-order valence-corrected chi connectivity index (χ0v) is 20.7. The Balaban J connectivity index is 1.35. The topological polar surface area (TPSA) is 114 Å². The van der Waals surface area contributed by atoms with E-state index in [-0.39, 0.29) is 5.91 Å². The Hall–Kier alpha value is -4.42. The van der Waals surface area contributed by atoms with Crippen molar-refractivity contribution >= 4 is 22.7 Å². The zero-order valence-electron chi connectivity index (χ0n) is 20.7. The number of rotatable bonds is 6. The molecule has 1 amide bonds. The summed E-state index contributed by atoms with van der Waals surface area (Å²) in [6.07, 6.45) is 3.22. The smallest absolute Gasteiger partial charge is 0.255 e. The first-order valence-electron chi connectivity index (χ1n) is 12.0. The van der Waals surface area contributed by atoms with Gasteiger partial charge < -0.3 is 24.1 Å². The molecule has 1 aliphatic heterocycles. The van der Waals surface area contributed by atoms with Crippen molar-refractivity contribution in [2.24, 2.45) is 11.8 Å². The predicted octanol–water partition coefficient (Wildman–Crippen LogP) is 4.20. The van der Waals surface area contributed by atoms with Crippen LogP contribution in [0.5, 0.6) is 5.75 Å². The Morgan fingerprint density at radius 2 is 1.97 bits per heavy atom. The van der Waals surface area contributed by atoms with Crippen LogP contribution in [-0.4, -0.2) is 61.2 Å². The summed E-state index contributed by atoms with van der Waals surface area (Å²) in [5.74, 6) is 1.79. The fourth-order valence-electron chi connectivity index (χ4n) is 5.01. The number of pyridine rings is 2. The van der Waals surface area contributed by atoms with Crippen LogP contribution in [0.25, 0.3) is 33.7 Å². The number of fused-ring (bicyclic) bond motifs is 2. The number of hydrogen-bond acceptors (Lipinski definition) is 8. The quantitative estimate of drug-likeness (QED) is 0.424. The van der Waals surface area contributed by atoms with Gasteiger partial charge in [-0.25, -0.2) is 4.98 Å². The molecule has 0 spiro atoms. The van der Waals surface area contributed by atoms with E-state index in [2.05, 4.69) is 21.4 Å². The van der Waals surface area contributed by atoms with Crippen LogP contribution in [-0.2, 0) is 4.74 Å². The van der Waals surface area contributed by atoms with Gasteiger partial charge in [-0.15, -0.1) is 0 Å². The number of hydrogen-bond donors (Lipinski definition) is 1. The van der Waals surface area contributed by atoms with E-state index in [1.165, 1.54) is 18.2 Å². The minimum absolute atomic E-state index is 0.171. The van der Waals surface area contributed by atoms with Gasteiger partial charge in [0.1, 0.15) is 23.0 Å². The molecule has 2 fully saturated rings. The number of nitriles is 1. The molecule has 1 saturated heterocycles. The number of amides is 1. The van der Waals surface area contributed by atoms with Crippen molar-refractivity contribution in [2.75, 3.05) is 39.7 Å². The summed E-state index contributed by atoms with van der Waals surface area (Å²) < 4.78 is 17.2. The summed E-state index contributed by atoms with van der Waals surface area (Å²) >= 11 is 0. The lowest BCUT2D eigenvalue weighted by Crippen LogP contribution is -2.21. The van der Waals surface area contributed by atoms with Crippen molar-refractivity contribution in [3.8, 4) is 34.4 Å². The van der Waals surface area contributed by atoms with E-state index in [0.717, 1.165) is 30.0 Å². The van der Waals surface area contributed by atoms with Gasteiger partial charge in [-0.1, -0.05) is 6.07 Å². The number of furan rings is 1. The number of nitrogens with one attached hydrogen (secondary N) is 1. The highest BCUT2D eigenvalue weighted by atomic mass is 16.5. The van der Waals surface area contributed by atoms with Crippen LogP contribution in [0.15, 0.2) is 53.2 Å². The molecule has 2 unspecified atom stereocenters. The predicted molar refractivity (Wildman–Crippen MR) is 137 cm³/mol. The van der Waals surface area contributed by atoms with Gasteiger partial charge in [0.05, 0.1) is 37.1 Å². The fourth-order valence-corrected chi connectivity index (χ4v) is 5.01. The number of aromatic nitrogens is 2. The largest absolute Gasteiger partial charge is 0.494 e. The van der Waals surface area contributed by atoms with Crippen molar-refractivity contribution in [1.29, 1.82) is 5.26 Å². The highest BCUT2D eigenvalue weighted by Gasteiger charge is 2.54. The number of benzene rings is 1. The fraction of sp³-hybridized carbons (Fsp3) is 0.286. The number of nitrogens with zero attached hydrogens (tertiary/aromatic N) is 4. The Morgan fingerprint density at radius 3 is 2.70 bits per heavy atom. The first-order valence-corrected chi connectivity index (χ1v) is 12.0. The first-order chi connectivity index (χ1) is 18.0. The lowest BCUT2D eigenvalue weighted by atomic mass is 10.0.